The third-order valence-electron chi connectivity index (χ3n) is 3.51. The Kier molecular flexibility index (Phi) is 6.97. The van der Waals surface area contributed by atoms with E-state index in [1.165, 1.54) is 51.5 Å². The zero-order valence-electron chi connectivity index (χ0n) is 15.5. The van der Waals surface area contributed by atoms with Crippen LogP contribution in [-0.2, 0) is 14.8 Å². The van der Waals surface area contributed by atoms with Crippen molar-refractivity contribution in [3.05, 3.63) is 40.4 Å². The molecule has 0 radical (unpaired) electrons. The van der Waals surface area contributed by atoms with Crippen LogP contribution in [0, 0.1) is 0 Å². The minimum atomic E-state index is -4.03. The molecule has 0 aliphatic heterocycles. The van der Waals surface area contributed by atoms with Gasteiger partial charge in [0.25, 0.3) is 5.91 Å². The smallest absolute Gasteiger partial charge is 0.281 e. The second-order valence-corrected chi connectivity index (χ2v) is 8.26. The van der Waals surface area contributed by atoms with Crippen molar-refractivity contribution >= 4 is 44.8 Å². The van der Waals surface area contributed by atoms with Crippen LogP contribution in [0.25, 0.3) is 0 Å². The van der Waals surface area contributed by atoms with E-state index in [0.717, 1.165) is 6.26 Å². The fraction of sp³-hybridized carbons (Fsp3) is 0.294. The van der Waals surface area contributed by atoms with Crippen LogP contribution in [0.5, 0.6) is 17.5 Å². The summed E-state index contributed by atoms with van der Waals surface area (Å²) in [7, 11) is -1.34. The van der Waals surface area contributed by atoms with E-state index in [1.54, 1.807) is 0 Å². The molecule has 2 aromatic rings. The molecule has 8 nitrogen and oxygen atoms in total. The summed E-state index contributed by atoms with van der Waals surface area (Å²) >= 11 is 11.9. The predicted molar refractivity (Wildman–Crippen MR) is 106 cm³/mol. The summed E-state index contributed by atoms with van der Waals surface area (Å²) in [5.41, 5.74) is -0.0755. The van der Waals surface area contributed by atoms with Gasteiger partial charge >= 0.3 is 0 Å². The molecule has 1 aromatic carbocycles. The standard InChI is InChI=1S/C17H18Cl2N2O6S/c1-10(27-14-7-5-11(18)9-12(14)19)17(22)21(28(4,23)24)13-6-8-15(25-2)20-16(13)26-3/h5-10H,1-4H3/t10-/m1/s1. The Bertz CT molecular complexity index is 984. The number of pyridine rings is 1. The maximum atomic E-state index is 12.9. The summed E-state index contributed by atoms with van der Waals surface area (Å²) in [6.07, 6.45) is -0.309. The van der Waals surface area contributed by atoms with Crippen molar-refractivity contribution in [1.82, 2.24) is 4.98 Å². The van der Waals surface area contributed by atoms with Crippen LogP contribution in [0.1, 0.15) is 6.92 Å². The molecule has 0 N–H and O–H groups in total. The van der Waals surface area contributed by atoms with Gasteiger partial charge < -0.3 is 14.2 Å². The molecular weight excluding hydrogens is 431 g/mol. The van der Waals surface area contributed by atoms with E-state index in [0.29, 0.717) is 9.33 Å². The quantitative estimate of drug-likeness (QED) is 0.641. The third kappa shape index (κ3) is 4.98. The number of ether oxygens (including phenoxy) is 3. The number of rotatable bonds is 7. The first-order chi connectivity index (χ1) is 13.1. The number of methoxy groups -OCH3 is 2. The number of carbonyl (C=O) groups is 1. The molecule has 1 amide bonds. The predicted octanol–water partition coefficient (Wildman–Crippen LogP) is 3.17. The maximum Gasteiger partial charge on any atom is 0.281 e. The SMILES string of the molecule is COc1ccc(N(C(=O)[C@@H](C)Oc2ccc(Cl)cc2Cl)S(C)(=O)=O)c(OC)n1. The molecule has 152 valence electrons. The number of benzene rings is 1. The highest BCUT2D eigenvalue weighted by Crippen LogP contribution is 2.32. The van der Waals surface area contributed by atoms with Crippen molar-refractivity contribution in [2.24, 2.45) is 0 Å². The van der Waals surface area contributed by atoms with E-state index in [2.05, 4.69) is 4.98 Å². The van der Waals surface area contributed by atoms with Crippen molar-refractivity contribution in [2.75, 3.05) is 24.8 Å². The number of carbonyl (C=O) groups excluding carboxylic acids is 1. The fourth-order valence-electron chi connectivity index (χ4n) is 2.27. The Morgan fingerprint density at radius 2 is 1.82 bits per heavy atom. The number of amides is 1. The van der Waals surface area contributed by atoms with Crippen LogP contribution >= 0.6 is 23.2 Å². The zero-order chi connectivity index (χ0) is 21.1. The molecule has 0 bridgehead atoms. The fourth-order valence-corrected chi connectivity index (χ4v) is 3.70. The number of sulfonamides is 1. The van der Waals surface area contributed by atoms with Crippen LogP contribution in [-0.4, -0.2) is 45.9 Å². The largest absolute Gasteiger partial charge is 0.481 e. The van der Waals surface area contributed by atoms with E-state index in [-0.39, 0.29) is 28.2 Å². The lowest BCUT2D eigenvalue weighted by Gasteiger charge is -2.25. The Morgan fingerprint density at radius 3 is 2.36 bits per heavy atom. The van der Waals surface area contributed by atoms with E-state index >= 15 is 0 Å². The summed E-state index contributed by atoms with van der Waals surface area (Å²) in [5.74, 6) is -0.590. The lowest BCUT2D eigenvalue weighted by molar-refractivity contribution is -0.123. The van der Waals surface area contributed by atoms with Crippen LogP contribution in [0.4, 0.5) is 5.69 Å². The van der Waals surface area contributed by atoms with Crippen LogP contribution in [0.2, 0.25) is 10.0 Å². The van der Waals surface area contributed by atoms with Gasteiger partial charge in [-0.05, 0) is 31.2 Å². The third-order valence-corrected chi connectivity index (χ3v) is 5.08. The molecule has 0 aliphatic rings. The number of aromatic nitrogens is 1. The Morgan fingerprint density at radius 1 is 1.14 bits per heavy atom. The molecule has 0 saturated heterocycles. The topological polar surface area (TPSA) is 95.0 Å². The molecule has 28 heavy (non-hydrogen) atoms. The summed E-state index contributed by atoms with van der Waals surface area (Å²) in [5, 5.41) is 0.574. The molecule has 1 heterocycles. The van der Waals surface area contributed by atoms with Crippen molar-refractivity contribution in [3.8, 4) is 17.5 Å². The first kappa shape index (κ1) is 22.1. The van der Waals surface area contributed by atoms with Gasteiger partial charge in [-0.1, -0.05) is 23.2 Å². The number of hydrogen-bond donors (Lipinski definition) is 0. The highest BCUT2D eigenvalue weighted by Gasteiger charge is 2.33. The highest BCUT2D eigenvalue weighted by atomic mass is 35.5. The molecule has 11 heteroatoms. The van der Waals surface area contributed by atoms with Crippen LogP contribution in [0.15, 0.2) is 30.3 Å². The zero-order valence-corrected chi connectivity index (χ0v) is 17.8. The molecule has 0 spiro atoms. The lowest BCUT2D eigenvalue weighted by atomic mass is 10.3. The average molecular weight is 449 g/mol. The lowest BCUT2D eigenvalue weighted by Crippen LogP contribution is -2.44. The minimum absolute atomic E-state index is 0.0755. The van der Waals surface area contributed by atoms with Gasteiger partial charge in [0.15, 0.2) is 6.10 Å². The normalized spacial score (nSPS) is 12.2. The van der Waals surface area contributed by atoms with Gasteiger partial charge in [0.1, 0.15) is 11.4 Å². The van der Waals surface area contributed by atoms with Gasteiger partial charge in [0.2, 0.25) is 21.8 Å². The average Bonchev–Trinajstić information content (AvgIpc) is 2.63. The number of anilines is 1. The summed E-state index contributed by atoms with van der Waals surface area (Å²) in [6.45, 7) is 1.40. The van der Waals surface area contributed by atoms with E-state index in [4.69, 9.17) is 37.4 Å². The van der Waals surface area contributed by atoms with Gasteiger partial charge in [0, 0.05) is 11.1 Å². The molecule has 1 atom stereocenters. The number of nitrogens with zero attached hydrogens (tertiary/aromatic N) is 2. The molecule has 2 rings (SSSR count). The van der Waals surface area contributed by atoms with Crippen molar-refractivity contribution in [2.45, 2.75) is 13.0 Å². The number of hydrogen-bond acceptors (Lipinski definition) is 7. The van der Waals surface area contributed by atoms with Gasteiger partial charge in [-0.2, -0.15) is 9.29 Å². The Balaban J connectivity index is 2.42. The van der Waals surface area contributed by atoms with Gasteiger partial charge in [-0.15, -0.1) is 0 Å². The van der Waals surface area contributed by atoms with Gasteiger partial charge in [-0.3, -0.25) is 4.79 Å². The highest BCUT2D eigenvalue weighted by molar-refractivity contribution is 7.92. The summed E-state index contributed by atoms with van der Waals surface area (Å²) in [6, 6.07) is 7.22. The van der Waals surface area contributed by atoms with Crippen LogP contribution in [0.3, 0.4) is 0 Å². The molecule has 0 unspecified atom stereocenters. The van der Waals surface area contributed by atoms with E-state index < -0.39 is 22.0 Å². The molecule has 0 fully saturated rings. The van der Waals surface area contributed by atoms with Crippen molar-refractivity contribution < 1.29 is 27.4 Å². The van der Waals surface area contributed by atoms with Gasteiger partial charge in [0.05, 0.1) is 25.5 Å². The Labute approximate surface area is 173 Å². The second-order valence-electron chi connectivity index (χ2n) is 5.58. The molecule has 0 saturated carbocycles. The van der Waals surface area contributed by atoms with Gasteiger partial charge in [-0.25, -0.2) is 8.42 Å². The second kappa shape index (κ2) is 8.85. The first-order valence-electron chi connectivity index (χ1n) is 7.83. The number of halogens is 2. The van der Waals surface area contributed by atoms with E-state index in [1.807, 2.05) is 0 Å². The molecule has 1 aromatic heterocycles. The maximum absolute atomic E-state index is 12.9. The molecule has 0 aliphatic carbocycles. The van der Waals surface area contributed by atoms with E-state index in [9.17, 15) is 13.2 Å². The molecular formula is C17H18Cl2N2O6S. The monoisotopic (exact) mass is 448 g/mol. The van der Waals surface area contributed by atoms with Crippen molar-refractivity contribution in [1.29, 1.82) is 0 Å². The first-order valence-corrected chi connectivity index (χ1v) is 10.4. The van der Waals surface area contributed by atoms with Crippen molar-refractivity contribution in [3.63, 3.8) is 0 Å². The Hall–Kier alpha value is -2.23. The summed E-state index contributed by atoms with van der Waals surface area (Å²) in [4.78, 5) is 16.9. The minimum Gasteiger partial charge on any atom is -0.481 e. The van der Waals surface area contributed by atoms with Crippen LogP contribution < -0.4 is 18.5 Å². The summed E-state index contributed by atoms with van der Waals surface area (Å²) < 4.78 is 40.9.